The van der Waals surface area contributed by atoms with Crippen molar-refractivity contribution in [3.05, 3.63) is 76.1 Å². The van der Waals surface area contributed by atoms with Gasteiger partial charge in [-0.2, -0.15) is 0 Å². The van der Waals surface area contributed by atoms with Gasteiger partial charge in [-0.25, -0.2) is 0 Å². The third-order valence-corrected chi connectivity index (χ3v) is 11.9. The van der Waals surface area contributed by atoms with Gasteiger partial charge in [-0.05, 0) is 59.6 Å². The van der Waals surface area contributed by atoms with Gasteiger partial charge < -0.3 is 54.6 Å². The Balaban J connectivity index is 1.91. The smallest absolute Gasteiger partial charge is 0.312 e. The normalized spacial score (nSPS) is 29.1. The molecule has 15 nitrogen and oxygen atoms in total. The fourth-order valence-corrected chi connectivity index (χ4v) is 7.88. The third-order valence-electron chi connectivity index (χ3n) is 11.9. The highest BCUT2D eigenvalue weighted by molar-refractivity contribution is 6.23. The van der Waals surface area contributed by atoms with E-state index in [0.717, 1.165) is 24.6 Å². The fourth-order valence-electron chi connectivity index (χ4n) is 7.88. The number of aliphatic hydroxyl groups excluding tert-OH is 2. The predicted octanol–water partition coefficient (Wildman–Crippen LogP) is 7.80. The molecule has 0 aliphatic carbocycles. The lowest BCUT2D eigenvalue weighted by Crippen LogP contribution is -2.46. The zero-order valence-electron chi connectivity index (χ0n) is 38.3. The van der Waals surface area contributed by atoms with Crippen LogP contribution in [0.1, 0.15) is 104 Å². The number of aliphatic hydroxyl groups is 2. The van der Waals surface area contributed by atoms with Gasteiger partial charge >= 0.3 is 11.8 Å². The number of benzene rings is 2. The number of allylic oxidation sites excluding steroid dienone is 5. The molecular weight excluding hydrogens is 813 g/mol. The number of esters is 1. The zero-order chi connectivity index (χ0) is 47.1. The number of rotatable bonds is 9. The van der Waals surface area contributed by atoms with E-state index in [1.165, 1.54) is 58.8 Å². The number of aromatic hydroxyl groups is 3. The molecule has 15 heteroatoms. The Morgan fingerprint density at radius 2 is 1.60 bits per heavy atom. The van der Waals surface area contributed by atoms with Crippen molar-refractivity contribution in [2.45, 2.75) is 119 Å². The SMILES string of the molecule is CO[C@H]1/C=C\O[C@@]2(C)Oc3c(C)c(O)c4c(O)c(c(/C=N/OC/C=C(\C)CCC=C(C)C)c(O)c4c3C2=O)NC(=O)/C(C)=C\C=C/[C@H](C)[C@H](O)[C@@H](C)[C@@H](O)[C@@H](C)[C@H](OC(C)=O)[C@@H]1C. The molecule has 3 aliphatic heterocycles. The monoisotopic (exact) mass is 876 g/mol. The number of hydrogen-bond acceptors (Lipinski definition) is 14. The average molecular weight is 877 g/mol. The quantitative estimate of drug-likeness (QED) is 0.0270. The van der Waals surface area contributed by atoms with E-state index in [9.17, 15) is 39.9 Å². The first kappa shape index (κ1) is 50.0. The summed E-state index contributed by atoms with van der Waals surface area (Å²) in [6.45, 7) is 18.5. The van der Waals surface area contributed by atoms with Crippen LogP contribution in [0.3, 0.4) is 0 Å². The van der Waals surface area contributed by atoms with E-state index in [0.29, 0.717) is 0 Å². The minimum atomic E-state index is -2.07. The van der Waals surface area contributed by atoms with Crippen molar-refractivity contribution < 1.29 is 63.7 Å². The van der Waals surface area contributed by atoms with Gasteiger partial charge in [-0.15, -0.1) is 0 Å². The van der Waals surface area contributed by atoms with Gasteiger partial charge in [0.1, 0.15) is 30.0 Å². The van der Waals surface area contributed by atoms with Crippen LogP contribution in [0.2, 0.25) is 0 Å². The highest BCUT2D eigenvalue weighted by atomic mass is 16.7. The molecule has 3 aliphatic rings. The molecule has 9 atom stereocenters. The second-order valence-corrected chi connectivity index (χ2v) is 17.0. The number of ketones is 1. The second-order valence-electron chi connectivity index (χ2n) is 17.0. The van der Waals surface area contributed by atoms with Gasteiger partial charge in [0.15, 0.2) is 5.75 Å². The number of ether oxygens (including phenoxy) is 4. The van der Waals surface area contributed by atoms with Crippen LogP contribution in [0.5, 0.6) is 23.0 Å². The summed E-state index contributed by atoms with van der Waals surface area (Å²) in [6.07, 6.45) is 10.2. The van der Waals surface area contributed by atoms with E-state index in [1.54, 1.807) is 39.8 Å². The van der Waals surface area contributed by atoms with Crippen LogP contribution in [0.25, 0.3) is 10.8 Å². The number of carbonyl (C=O) groups excluding carboxylic acids is 3. The fraction of sp³-hybridized carbons (Fsp3) is 0.500. The van der Waals surface area contributed by atoms with E-state index >= 15 is 0 Å². The molecule has 2 aromatic carbocycles. The summed E-state index contributed by atoms with van der Waals surface area (Å²) in [7, 11) is 1.43. The number of oxime groups is 1. The molecular formula is C48H64N2O13. The van der Waals surface area contributed by atoms with Gasteiger partial charge in [0.05, 0.1) is 53.0 Å². The summed E-state index contributed by atoms with van der Waals surface area (Å²) in [5.41, 5.74) is 1.64. The summed E-state index contributed by atoms with van der Waals surface area (Å²) >= 11 is 0. The minimum absolute atomic E-state index is 0.0306. The standard InChI is InChI=1S/C48H64N2O13/c1-24(2)15-13-16-25(3)19-22-61-49-23-33-38-43(56)36-35(42(33)55)37-45(31(9)41(36)54)63-48(11,46(37)57)60-21-20-34(59-12)28(6)44(62-32(10)51)30(8)40(53)29(7)39(52)26(4)17-14-18-27(5)47(58)50-38/h14-15,17-21,23,26,28-30,34,39-40,44,52-56H,13,16,22H2,1-12H3,(H,50,58)/b17-14-,21-20-,25-19+,27-18-,49-23+/t26-,28+,29+,30+,34-,39-,40+,44+,48-/m0/s1. The summed E-state index contributed by atoms with van der Waals surface area (Å²) < 4.78 is 23.6. The average Bonchev–Trinajstić information content (AvgIpc) is 3.49. The maximum atomic E-state index is 14.4. The molecule has 2 aromatic rings. The van der Waals surface area contributed by atoms with Crippen LogP contribution in [0, 0.1) is 30.6 Å². The van der Waals surface area contributed by atoms with Crippen LogP contribution in [0.15, 0.2) is 64.6 Å². The van der Waals surface area contributed by atoms with Gasteiger partial charge in [-0.1, -0.05) is 68.3 Å². The Bertz CT molecular complexity index is 2230. The zero-order valence-corrected chi connectivity index (χ0v) is 38.3. The first-order chi connectivity index (χ1) is 29.6. The second kappa shape index (κ2) is 21.2. The number of fused-ring (bicyclic) bond motifs is 14. The topological polar surface area (TPSA) is 223 Å². The highest BCUT2D eigenvalue weighted by Gasteiger charge is 2.50. The number of nitrogens with one attached hydrogen (secondary N) is 1. The number of methoxy groups -OCH3 is 1. The Morgan fingerprint density at radius 3 is 2.24 bits per heavy atom. The molecule has 0 saturated carbocycles. The van der Waals surface area contributed by atoms with Crippen LogP contribution >= 0.6 is 0 Å². The lowest BCUT2D eigenvalue weighted by molar-refractivity contribution is -0.160. The number of phenolic OH excluding ortho intramolecular Hbond substituents is 3. The summed E-state index contributed by atoms with van der Waals surface area (Å²) in [4.78, 5) is 46.0. The summed E-state index contributed by atoms with van der Waals surface area (Å²) in [6, 6.07) is 0. The predicted molar refractivity (Wildman–Crippen MR) is 240 cm³/mol. The van der Waals surface area contributed by atoms with Gasteiger partial charge in [0, 0.05) is 61.2 Å². The number of phenols is 3. The molecule has 1 amide bonds. The van der Waals surface area contributed by atoms with Crippen molar-refractivity contribution >= 4 is 40.3 Å². The Labute approximate surface area is 369 Å². The lowest BCUT2D eigenvalue weighted by atomic mass is 9.78. The van der Waals surface area contributed by atoms with E-state index in [-0.39, 0.29) is 51.1 Å². The number of Topliss-reactive ketones (excluding diaryl/α,β-unsaturated/α-hetero) is 1. The number of amides is 1. The third kappa shape index (κ3) is 11.1. The van der Waals surface area contributed by atoms with Crippen LogP contribution in [-0.2, 0) is 28.6 Å². The molecule has 344 valence electrons. The molecule has 0 unspecified atom stereocenters. The van der Waals surface area contributed by atoms with E-state index in [2.05, 4.69) is 16.5 Å². The molecule has 0 aromatic heterocycles. The lowest BCUT2D eigenvalue weighted by Gasteiger charge is -2.38. The summed E-state index contributed by atoms with van der Waals surface area (Å²) in [5.74, 6) is -8.70. The van der Waals surface area contributed by atoms with Gasteiger partial charge in [0.25, 0.3) is 11.7 Å². The van der Waals surface area contributed by atoms with E-state index < -0.39 is 88.8 Å². The van der Waals surface area contributed by atoms with Crippen molar-refractivity contribution in [2.24, 2.45) is 28.8 Å². The first-order valence-electron chi connectivity index (χ1n) is 21.1. The molecule has 5 bridgehead atoms. The Morgan fingerprint density at radius 1 is 0.921 bits per heavy atom. The number of nitrogens with zero attached hydrogens (tertiary/aromatic N) is 1. The Kier molecular flexibility index (Phi) is 16.8. The van der Waals surface area contributed by atoms with Crippen molar-refractivity contribution in [2.75, 3.05) is 19.0 Å². The molecule has 0 radical (unpaired) electrons. The molecule has 0 spiro atoms. The van der Waals surface area contributed by atoms with Crippen LogP contribution in [0.4, 0.5) is 5.69 Å². The first-order valence-corrected chi connectivity index (χ1v) is 21.1. The Hall–Kier alpha value is -5.64. The molecule has 0 saturated heterocycles. The van der Waals surface area contributed by atoms with Crippen molar-refractivity contribution in [3.63, 3.8) is 0 Å². The maximum absolute atomic E-state index is 14.4. The molecule has 3 heterocycles. The van der Waals surface area contributed by atoms with E-state index in [1.807, 2.05) is 26.8 Å². The molecule has 5 rings (SSSR count). The molecule has 0 fully saturated rings. The molecule has 63 heavy (non-hydrogen) atoms. The van der Waals surface area contributed by atoms with Gasteiger partial charge in [-0.3, -0.25) is 14.4 Å². The number of carbonyl (C=O) groups is 3. The maximum Gasteiger partial charge on any atom is 0.312 e. The number of hydrogen-bond donors (Lipinski definition) is 6. The van der Waals surface area contributed by atoms with Crippen LogP contribution < -0.4 is 10.1 Å². The van der Waals surface area contributed by atoms with E-state index in [4.69, 9.17) is 23.8 Å². The minimum Gasteiger partial charge on any atom is -0.507 e. The summed E-state index contributed by atoms with van der Waals surface area (Å²) in [5, 5.41) is 64.4. The largest absolute Gasteiger partial charge is 0.507 e. The van der Waals surface area contributed by atoms with Gasteiger partial charge in [0.2, 0.25) is 0 Å². The molecule has 6 N–H and O–H groups in total. The number of anilines is 1. The van der Waals surface area contributed by atoms with Crippen molar-refractivity contribution in [1.82, 2.24) is 0 Å². The van der Waals surface area contributed by atoms with Crippen molar-refractivity contribution in [3.8, 4) is 23.0 Å². The van der Waals surface area contributed by atoms with Crippen LogP contribution in [-0.4, -0.2) is 93.3 Å². The highest BCUT2D eigenvalue weighted by Crippen LogP contribution is 2.55. The van der Waals surface area contributed by atoms with Crippen molar-refractivity contribution in [1.29, 1.82) is 0 Å².